The Labute approximate surface area is 130 Å². The number of furan rings is 1. The van der Waals surface area contributed by atoms with Gasteiger partial charge in [0.1, 0.15) is 5.69 Å². The molecule has 2 N–H and O–H groups in total. The average Bonchev–Trinajstić information content (AvgIpc) is 3.09. The molecular formula is C17H21N3O2. The Morgan fingerprint density at radius 3 is 2.91 bits per heavy atom. The summed E-state index contributed by atoms with van der Waals surface area (Å²) in [5.74, 6) is 0.730. The minimum atomic E-state index is -0.0942. The van der Waals surface area contributed by atoms with Gasteiger partial charge in [-0.25, -0.2) is 4.79 Å². The monoisotopic (exact) mass is 299 g/mol. The molecule has 5 nitrogen and oxygen atoms in total. The van der Waals surface area contributed by atoms with Crippen molar-refractivity contribution in [1.82, 2.24) is 15.6 Å². The number of pyridine rings is 1. The van der Waals surface area contributed by atoms with Crippen LogP contribution < -0.4 is 10.6 Å². The lowest BCUT2D eigenvalue weighted by Crippen LogP contribution is -2.42. The molecule has 5 heteroatoms. The highest BCUT2D eigenvalue weighted by atomic mass is 16.3. The number of carbonyl (C=O) groups excluding carboxylic acids is 1. The third kappa shape index (κ3) is 3.87. The summed E-state index contributed by atoms with van der Waals surface area (Å²) in [5.41, 5.74) is 1.78. The molecule has 0 radical (unpaired) electrons. The van der Waals surface area contributed by atoms with Crippen LogP contribution in [0.2, 0.25) is 0 Å². The number of urea groups is 1. The average molecular weight is 299 g/mol. The number of aromatic nitrogens is 1. The molecular weight excluding hydrogens is 278 g/mol. The minimum Gasteiger partial charge on any atom is -0.463 e. The van der Waals surface area contributed by atoms with E-state index in [9.17, 15) is 4.79 Å². The van der Waals surface area contributed by atoms with Crippen LogP contribution in [-0.4, -0.2) is 17.1 Å². The molecule has 0 unspecified atom stereocenters. The second-order valence-corrected chi connectivity index (χ2v) is 5.69. The van der Waals surface area contributed by atoms with Gasteiger partial charge < -0.3 is 15.1 Å². The smallest absolute Gasteiger partial charge is 0.315 e. The zero-order valence-corrected chi connectivity index (χ0v) is 12.5. The van der Waals surface area contributed by atoms with E-state index in [2.05, 4.69) is 15.6 Å². The highest BCUT2D eigenvalue weighted by molar-refractivity contribution is 5.74. The van der Waals surface area contributed by atoms with Crippen LogP contribution in [0.3, 0.4) is 0 Å². The second kappa shape index (κ2) is 7.11. The minimum absolute atomic E-state index is 0.0942. The number of carbonyl (C=O) groups is 1. The first kappa shape index (κ1) is 14.6. The van der Waals surface area contributed by atoms with Crippen LogP contribution in [0.4, 0.5) is 4.79 Å². The van der Waals surface area contributed by atoms with Gasteiger partial charge in [-0.2, -0.15) is 0 Å². The van der Waals surface area contributed by atoms with Crippen molar-refractivity contribution in [3.63, 3.8) is 0 Å². The molecule has 22 heavy (non-hydrogen) atoms. The van der Waals surface area contributed by atoms with Crippen molar-refractivity contribution >= 4 is 6.03 Å². The van der Waals surface area contributed by atoms with E-state index < -0.39 is 0 Å². The van der Waals surface area contributed by atoms with E-state index in [1.807, 2.05) is 24.3 Å². The molecule has 1 fully saturated rings. The van der Waals surface area contributed by atoms with Crippen LogP contribution in [0.5, 0.6) is 0 Å². The molecule has 2 amide bonds. The lowest BCUT2D eigenvalue weighted by atomic mass is 9.96. The van der Waals surface area contributed by atoms with E-state index in [1.165, 1.54) is 19.3 Å². The highest BCUT2D eigenvalue weighted by Gasteiger charge is 2.15. The number of hydrogen-bond acceptors (Lipinski definition) is 3. The van der Waals surface area contributed by atoms with Crippen molar-refractivity contribution in [2.75, 3.05) is 0 Å². The lowest BCUT2D eigenvalue weighted by Gasteiger charge is -2.22. The maximum absolute atomic E-state index is 11.9. The topological polar surface area (TPSA) is 67.2 Å². The fourth-order valence-corrected chi connectivity index (χ4v) is 2.81. The first-order chi connectivity index (χ1) is 10.8. The molecule has 2 heterocycles. The van der Waals surface area contributed by atoms with Gasteiger partial charge in [0.15, 0.2) is 5.76 Å². The zero-order valence-electron chi connectivity index (χ0n) is 12.5. The van der Waals surface area contributed by atoms with E-state index in [4.69, 9.17) is 4.42 Å². The summed E-state index contributed by atoms with van der Waals surface area (Å²) in [6.45, 7) is 0.481. The van der Waals surface area contributed by atoms with Crippen LogP contribution in [0.1, 0.15) is 37.7 Å². The van der Waals surface area contributed by atoms with Crippen molar-refractivity contribution in [2.24, 2.45) is 0 Å². The number of hydrogen-bond donors (Lipinski definition) is 2. The summed E-state index contributed by atoms with van der Waals surface area (Å²) >= 11 is 0. The Balaban J connectivity index is 1.52. The summed E-state index contributed by atoms with van der Waals surface area (Å²) in [6, 6.07) is 7.76. The van der Waals surface area contributed by atoms with Crippen molar-refractivity contribution in [3.8, 4) is 11.5 Å². The van der Waals surface area contributed by atoms with Gasteiger partial charge in [-0.05, 0) is 42.7 Å². The lowest BCUT2D eigenvalue weighted by molar-refractivity contribution is 0.232. The molecule has 1 saturated carbocycles. The molecule has 2 aromatic rings. The van der Waals surface area contributed by atoms with Gasteiger partial charge in [0.25, 0.3) is 0 Å². The Hall–Kier alpha value is -2.30. The Bertz CT molecular complexity index is 604. The molecule has 0 saturated heterocycles. The van der Waals surface area contributed by atoms with Crippen LogP contribution in [0, 0.1) is 0 Å². The molecule has 0 spiro atoms. The predicted octanol–water partition coefficient (Wildman–Crippen LogP) is 3.47. The van der Waals surface area contributed by atoms with E-state index in [0.29, 0.717) is 12.6 Å². The SMILES string of the molecule is O=C(NCc1ccnc(-c2ccco2)c1)NC1CCCCC1. The van der Waals surface area contributed by atoms with Gasteiger partial charge in [0.05, 0.1) is 6.26 Å². The molecule has 0 atom stereocenters. The molecule has 116 valence electrons. The predicted molar refractivity (Wildman–Crippen MR) is 84.2 cm³/mol. The summed E-state index contributed by atoms with van der Waals surface area (Å²) in [5, 5.41) is 5.96. The van der Waals surface area contributed by atoms with Crippen LogP contribution in [0.15, 0.2) is 41.1 Å². The van der Waals surface area contributed by atoms with Crippen LogP contribution in [0.25, 0.3) is 11.5 Å². The van der Waals surface area contributed by atoms with Gasteiger partial charge in [-0.3, -0.25) is 4.98 Å². The normalized spacial score (nSPS) is 15.5. The number of nitrogens with zero attached hydrogens (tertiary/aromatic N) is 1. The first-order valence-electron chi connectivity index (χ1n) is 7.84. The van der Waals surface area contributed by atoms with E-state index in [0.717, 1.165) is 29.9 Å². The van der Waals surface area contributed by atoms with Crippen LogP contribution >= 0.6 is 0 Å². The van der Waals surface area contributed by atoms with Gasteiger partial charge in [0, 0.05) is 18.8 Å². The Kier molecular flexibility index (Phi) is 4.73. The van der Waals surface area contributed by atoms with Gasteiger partial charge in [-0.1, -0.05) is 19.3 Å². The Morgan fingerprint density at radius 2 is 2.14 bits per heavy atom. The maximum Gasteiger partial charge on any atom is 0.315 e. The van der Waals surface area contributed by atoms with E-state index in [-0.39, 0.29) is 6.03 Å². The molecule has 1 aliphatic carbocycles. The molecule has 2 aromatic heterocycles. The molecule has 1 aliphatic rings. The van der Waals surface area contributed by atoms with Crippen molar-refractivity contribution in [1.29, 1.82) is 0 Å². The van der Waals surface area contributed by atoms with E-state index in [1.54, 1.807) is 12.5 Å². The maximum atomic E-state index is 11.9. The van der Waals surface area contributed by atoms with E-state index >= 15 is 0 Å². The third-order valence-corrected chi connectivity index (χ3v) is 3.99. The molecule has 3 rings (SSSR count). The zero-order chi connectivity index (χ0) is 15.2. The summed E-state index contributed by atoms with van der Waals surface area (Å²) in [7, 11) is 0. The summed E-state index contributed by atoms with van der Waals surface area (Å²) < 4.78 is 5.34. The molecule has 0 bridgehead atoms. The van der Waals surface area contributed by atoms with Crippen molar-refractivity contribution < 1.29 is 9.21 Å². The largest absolute Gasteiger partial charge is 0.463 e. The second-order valence-electron chi connectivity index (χ2n) is 5.69. The standard InChI is InChI=1S/C17H21N3O2/c21-17(20-14-5-2-1-3-6-14)19-12-13-8-9-18-15(11-13)16-7-4-10-22-16/h4,7-11,14H,1-3,5-6,12H2,(H2,19,20,21). The summed E-state index contributed by atoms with van der Waals surface area (Å²) in [6.07, 6.45) is 9.24. The van der Waals surface area contributed by atoms with Gasteiger partial charge in [0.2, 0.25) is 0 Å². The number of nitrogens with one attached hydrogen (secondary N) is 2. The quantitative estimate of drug-likeness (QED) is 0.908. The van der Waals surface area contributed by atoms with Crippen molar-refractivity contribution in [3.05, 3.63) is 42.3 Å². The fraction of sp³-hybridized carbons (Fsp3) is 0.412. The van der Waals surface area contributed by atoms with Gasteiger partial charge >= 0.3 is 6.03 Å². The highest BCUT2D eigenvalue weighted by Crippen LogP contribution is 2.18. The Morgan fingerprint density at radius 1 is 1.27 bits per heavy atom. The van der Waals surface area contributed by atoms with Crippen molar-refractivity contribution in [2.45, 2.75) is 44.7 Å². The number of rotatable bonds is 4. The first-order valence-corrected chi connectivity index (χ1v) is 7.84. The summed E-state index contributed by atoms with van der Waals surface area (Å²) in [4.78, 5) is 16.2. The van der Waals surface area contributed by atoms with Crippen LogP contribution in [-0.2, 0) is 6.54 Å². The fourth-order valence-electron chi connectivity index (χ4n) is 2.81. The van der Waals surface area contributed by atoms with Gasteiger partial charge in [-0.15, -0.1) is 0 Å². The number of amides is 2. The third-order valence-electron chi connectivity index (χ3n) is 3.99. The molecule has 0 aromatic carbocycles. The molecule has 0 aliphatic heterocycles.